The van der Waals surface area contributed by atoms with Gasteiger partial charge in [0.15, 0.2) is 0 Å². The molecule has 0 unspecified atom stereocenters. The summed E-state index contributed by atoms with van der Waals surface area (Å²) >= 11 is 0. The second-order valence-electron chi connectivity index (χ2n) is 3.04. The Hall–Kier alpha value is -1.77. The second-order valence-corrected chi connectivity index (χ2v) is 3.04. The highest BCUT2D eigenvalue weighted by Gasteiger charge is 2.00. The van der Waals surface area contributed by atoms with E-state index in [9.17, 15) is 0 Å². The van der Waals surface area contributed by atoms with E-state index in [2.05, 4.69) is 4.99 Å². The minimum absolute atomic E-state index is 0.629. The molecule has 1 aromatic rings. The molecule has 0 saturated carbocycles. The van der Waals surface area contributed by atoms with Crippen LogP contribution in [0.15, 0.2) is 41.1 Å². The fourth-order valence-electron chi connectivity index (χ4n) is 1.15. The van der Waals surface area contributed by atoms with Gasteiger partial charge in [0, 0.05) is 7.05 Å². The van der Waals surface area contributed by atoms with E-state index >= 15 is 0 Å². The highest BCUT2D eigenvalue weighted by atomic mass is 16.5. The van der Waals surface area contributed by atoms with Crippen LogP contribution in [0.25, 0.3) is 0 Å². The molecule has 0 aliphatic carbocycles. The normalized spacial score (nSPS) is 12.0. The number of ether oxygens (including phenoxy) is 1. The van der Waals surface area contributed by atoms with Crippen LogP contribution in [0.4, 0.5) is 5.69 Å². The number of anilines is 1. The molecule has 80 valence electrons. The zero-order chi connectivity index (χ0) is 11.1. The first-order valence-corrected chi connectivity index (χ1v) is 4.92. The van der Waals surface area contributed by atoms with Crippen molar-refractivity contribution in [3.8, 4) is 5.75 Å². The van der Waals surface area contributed by atoms with Crippen molar-refractivity contribution in [2.75, 3.05) is 12.8 Å². The van der Waals surface area contributed by atoms with Gasteiger partial charge in [-0.1, -0.05) is 19.1 Å². The number of nitrogens with two attached hydrogens (primary N) is 1. The van der Waals surface area contributed by atoms with Crippen molar-refractivity contribution < 1.29 is 4.74 Å². The number of nitrogens with zero attached hydrogens (tertiary/aromatic N) is 1. The van der Waals surface area contributed by atoms with Crippen molar-refractivity contribution in [3.05, 3.63) is 36.1 Å². The van der Waals surface area contributed by atoms with Crippen molar-refractivity contribution >= 4 is 11.9 Å². The van der Waals surface area contributed by atoms with Gasteiger partial charge in [0.05, 0.1) is 11.9 Å². The van der Waals surface area contributed by atoms with Crippen molar-refractivity contribution in [1.82, 2.24) is 0 Å². The third-order valence-electron chi connectivity index (χ3n) is 1.81. The van der Waals surface area contributed by atoms with Crippen molar-refractivity contribution in [2.24, 2.45) is 4.99 Å². The Bertz CT molecular complexity index is 370. The van der Waals surface area contributed by atoms with E-state index in [1.807, 2.05) is 37.3 Å². The molecule has 0 atom stereocenters. The van der Waals surface area contributed by atoms with Crippen LogP contribution in [0.2, 0.25) is 0 Å². The quantitative estimate of drug-likeness (QED) is 0.465. The third-order valence-corrected chi connectivity index (χ3v) is 1.81. The zero-order valence-corrected chi connectivity index (χ0v) is 9.10. The Balaban J connectivity index is 2.83. The summed E-state index contributed by atoms with van der Waals surface area (Å²) in [6.07, 6.45) is 4.53. The molecular weight excluding hydrogens is 188 g/mol. The highest BCUT2D eigenvalue weighted by Crippen LogP contribution is 2.21. The van der Waals surface area contributed by atoms with E-state index in [0.717, 1.165) is 12.2 Å². The number of nitrogen functional groups attached to an aromatic ring is 1. The maximum Gasteiger partial charge on any atom is 0.150 e. The summed E-state index contributed by atoms with van der Waals surface area (Å²) in [4.78, 5) is 3.92. The smallest absolute Gasteiger partial charge is 0.150 e. The molecule has 0 saturated heterocycles. The van der Waals surface area contributed by atoms with Gasteiger partial charge in [-0.25, -0.2) is 0 Å². The van der Waals surface area contributed by atoms with Gasteiger partial charge in [-0.05, 0) is 24.6 Å². The van der Waals surface area contributed by atoms with E-state index in [-0.39, 0.29) is 0 Å². The van der Waals surface area contributed by atoms with E-state index in [1.165, 1.54) is 0 Å². The van der Waals surface area contributed by atoms with E-state index < -0.39 is 0 Å². The SMILES string of the molecule is CC/C=C(\C=NC)Oc1ccccc1N. The average molecular weight is 204 g/mol. The lowest BCUT2D eigenvalue weighted by Gasteiger charge is -2.07. The largest absolute Gasteiger partial charge is 0.454 e. The molecule has 0 bridgehead atoms. The van der Waals surface area contributed by atoms with Crippen LogP contribution in [0.5, 0.6) is 5.75 Å². The Kier molecular flexibility index (Phi) is 4.41. The lowest BCUT2D eigenvalue weighted by atomic mass is 10.3. The van der Waals surface area contributed by atoms with Crippen LogP contribution < -0.4 is 10.5 Å². The van der Waals surface area contributed by atoms with Gasteiger partial charge < -0.3 is 10.5 Å². The molecule has 0 fully saturated rings. The van der Waals surface area contributed by atoms with Crippen LogP contribution in [-0.2, 0) is 0 Å². The number of hydrogen-bond acceptors (Lipinski definition) is 3. The maximum absolute atomic E-state index is 5.76. The Morgan fingerprint density at radius 2 is 2.20 bits per heavy atom. The van der Waals surface area contributed by atoms with Gasteiger partial charge in [0.1, 0.15) is 11.5 Å². The minimum Gasteiger partial charge on any atom is -0.454 e. The Labute approximate surface area is 90.3 Å². The van der Waals surface area contributed by atoms with Gasteiger partial charge in [-0.15, -0.1) is 0 Å². The van der Waals surface area contributed by atoms with Crippen LogP contribution in [0, 0.1) is 0 Å². The first kappa shape index (κ1) is 11.3. The molecule has 0 amide bonds. The molecule has 3 heteroatoms. The van der Waals surface area contributed by atoms with E-state index in [0.29, 0.717) is 11.4 Å². The zero-order valence-electron chi connectivity index (χ0n) is 9.10. The fourth-order valence-corrected chi connectivity index (χ4v) is 1.15. The van der Waals surface area contributed by atoms with Crippen LogP contribution in [0.1, 0.15) is 13.3 Å². The molecule has 0 aliphatic heterocycles. The highest BCUT2D eigenvalue weighted by molar-refractivity contribution is 5.76. The monoisotopic (exact) mass is 204 g/mol. The molecule has 2 N–H and O–H groups in total. The van der Waals surface area contributed by atoms with Crippen molar-refractivity contribution in [2.45, 2.75) is 13.3 Å². The topological polar surface area (TPSA) is 47.6 Å². The predicted molar refractivity (Wildman–Crippen MR) is 64.3 cm³/mol. The molecule has 3 nitrogen and oxygen atoms in total. The minimum atomic E-state index is 0.629. The number of rotatable bonds is 4. The summed E-state index contributed by atoms with van der Waals surface area (Å²) in [7, 11) is 1.71. The van der Waals surface area contributed by atoms with E-state index in [1.54, 1.807) is 13.3 Å². The number of benzene rings is 1. The van der Waals surface area contributed by atoms with Crippen molar-refractivity contribution in [1.29, 1.82) is 0 Å². The first-order valence-electron chi connectivity index (χ1n) is 4.92. The van der Waals surface area contributed by atoms with Gasteiger partial charge in [-0.2, -0.15) is 0 Å². The molecule has 0 heterocycles. The predicted octanol–water partition coefficient (Wildman–Crippen LogP) is 2.64. The molecule has 0 aliphatic rings. The molecular formula is C12H16N2O. The van der Waals surface area contributed by atoms with Gasteiger partial charge in [0.25, 0.3) is 0 Å². The lowest BCUT2D eigenvalue weighted by Crippen LogP contribution is -1.99. The summed E-state index contributed by atoms with van der Waals surface area (Å²) < 4.78 is 5.61. The number of allylic oxidation sites excluding steroid dienone is 2. The van der Waals surface area contributed by atoms with Crippen LogP contribution in [-0.4, -0.2) is 13.3 Å². The molecule has 0 spiro atoms. The van der Waals surface area contributed by atoms with Gasteiger partial charge in [-0.3, -0.25) is 4.99 Å². The molecule has 1 rings (SSSR count). The average Bonchev–Trinajstić information content (AvgIpc) is 2.22. The molecule has 0 radical (unpaired) electrons. The third kappa shape index (κ3) is 3.46. The maximum atomic E-state index is 5.76. The first-order chi connectivity index (χ1) is 7.27. The number of aliphatic imine (C=N–C) groups is 1. The number of para-hydroxylation sites is 2. The fraction of sp³-hybridized carbons (Fsp3) is 0.250. The van der Waals surface area contributed by atoms with Gasteiger partial charge in [0.2, 0.25) is 0 Å². The van der Waals surface area contributed by atoms with Gasteiger partial charge >= 0.3 is 0 Å². The summed E-state index contributed by atoms with van der Waals surface area (Å²) in [6, 6.07) is 7.40. The Morgan fingerprint density at radius 1 is 1.47 bits per heavy atom. The van der Waals surface area contributed by atoms with E-state index in [4.69, 9.17) is 10.5 Å². The second kappa shape index (κ2) is 5.86. The molecule has 0 aromatic heterocycles. The molecule has 1 aromatic carbocycles. The standard InChI is InChI=1S/C12H16N2O/c1-3-6-10(9-14-2)15-12-8-5-4-7-11(12)13/h4-9H,3,13H2,1-2H3/b10-6+,14-9?. The van der Waals surface area contributed by atoms with Crippen molar-refractivity contribution in [3.63, 3.8) is 0 Å². The lowest BCUT2D eigenvalue weighted by molar-refractivity contribution is 0.457. The summed E-state index contributed by atoms with van der Waals surface area (Å²) in [6.45, 7) is 2.04. The summed E-state index contributed by atoms with van der Waals surface area (Å²) in [5, 5.41) is 0. The van der Waals surface area contributed by atoms with Crippen LogP contribution >= 0.6 is 0 Å². The number of hydrogen-bond donors (Lipinski definition) is 1. The molecule has 15 heavy (non-hydrogen) atoms. The summed E-state index contributed by atoms with van der Waals surface area (Å²) in [5.74, 6) is 1.38. The van der Waals surface area contributed by atoms with Crippen LogP contribution in [0.3, 0.4) is 0 Å². The summed E-state index contributed by atoms with van der Waals surface area (Å²) in [5.41, 5.74) is 6.39. The Morgan fingerprint density at radius 3 is 2.80 bits per heavy atom.